The summed E-state index contributed by atoms with van der Waals surface area (Å²) in [5.74, 6) is 2.41. The summed E-state index contributed by atoms with van der Waals surface area (Å²) >= 11 is 2.02. The molecule has 0 spiro atoms. The number of rotatable bonds is 7. The van der Waals surface area contributed by atoms with Gasteiger partial charge in [0.15, 0.2) is 0 Å². The normalized spacial score (nSPS) is 10.0. The molecule has 0 unspecified atom stereocenters. The van der Waals surface area contributed by atoms with Crippen LogP contribution in [0.1, 0.15) is 24.8 Å². The lowest BCUT2D eigenvalue weighted by Gasteiger charge is -2.00. The third-order valence-electron chi connectivity index (χ3n) is 2.06. The van der Waals surface area contributed by atoms with Gasteiger partial charge in [0, 0.05) is 5.75 Å². The Morgan fingerprint density at radius 1 is 1.14 bits per heavy atom. The Labute approximate surface area is 91.4 Å². The summed E-state index contributed by atoms with van der Waals surface area (Å²) in [7, 11) is 0. The maximum absolute atomic E-state index is 3.72. The van der Waals surface area contributed by atoms with Gasteiger partial charge in [0.1, 0.15) is 0 Å². The molecular weight excluding hydrogens is 188 g/mol. The Balaban J connectivity index is 2.02. The number of hydrogen-bond donors (Lipinski definition) is 0. The van der Waals surface area contributed by atoms with Gasteiger partial charge >= 0.3 is 0 Å². The predicted octanol–water partition coefficient (Wildman–Crippen LogP) is 4.28. The van der Waals surface area contributed by atoms with Crippen molar-refractivity contribution in [1.82, 2.24) is 0 Å². The first-order valence-electron chi connectivity index (χ1n) is 5.16. The van der Waals surface area contributed by atoms with Crippen molar-refractivity contribution in [2.24, 2.45) is 0 Å². The number of hydrogen-bond acceptors (Lipinski definition) is 1. The van der Waals surface area contributed by atoms with Crippen LogP contribution in [0, 0.1) is 0 Å². The van der Waals surface area contributed by atoms with E-state index in [4.69, 9.17) is 0 Å². The lowest BCUT2D eigenvalue weighted by Crippen LogP contribution is -1.83. The molecule has 0 heterocycles. The minimum atomic E-state index is 1.15. The summed E-state index contributed by atoms with van der Waals surface area (Å²) in [6, 6.07) is 10.7. The van der Waals surface area contributed by atoms with Crippen LogP contribution in [0.5, 0.6) is 0 Å². The van der Waals surface area contributed by atoms with Crippen molar-refractivity contribution >= 4 is 11.8 Å². The molecule has 0 aliphatic carbocycles. The van der Waals surface area contributed by atoms with Crippen LogP contribution in [0.3, 0.4) is 0 Å². The zero-order valence-corrected chi connectivity index (χ0v) is 9.43. The molecular formula is C13H18S. The highest BCUT2D eigenvalue weighted by atomic mass is 32.2. The van der Waals surface area contributed by atoms with E-state index in [1.54, 1.807) is 0 Å². The molecule has 0 amide bonds. The van der Waals surface area contributed by atoms with E-state index in [-0.39, 0.29) is 0 Å². The molecule has 1 rings (SSSR count). The number of thioether (sulfide) groups is 1. The Morgan fingerprint density at radius 2 is 1.93 bits per heavy atom. The van der Waals surface area contributed by atoms with E-state index in [1.807, 2.05) is 17.8 Å². The molecule has 1 aromatic carbocycles. The van der Waals surface area contributed by atoms with E-state index < -0.39 is 0 Å². The molecule has 0 nitrogen and oxygen atoms in total. The minimum absolute atomic E-state index is 1.15. The molecule has 0 aliphatic heterocycles. The molecule has 0 bridgehead atoms. The first-order valence-corrected chi connectivity index (χ1v) is 6.31. The van der Waals surface area contributed by atoms with Gasteiger partial charge in [0.05, 0.1) is 0 Å². The Hall–Kier alpha value is -0.690. The van der Waals surface area contributed by atoms with Gasteiger partial charge in [-0.3, -0.25) is 0 Å². The predicted molar refractivity (Wildman–Crippen MR) is 66.7 cm³/mol. The van der Waals surface area contributed by atoms with E-state index in [0.29, 0.717) is 0 Å². The molecule has 1 aromatic rings. The van der Waals surface area contributed by atoms with Crippen LogP contribution >= 0.6 is 11.8 Å². The number of unbranched alkanes of at least 4 members (excludes halogenated alkanes) is 2. The smallest absolute Gasteiger partial charge is 0.0184 e. The average Bonchev–Trinajstić information content (AvgIpc) is 2.25. The molecule has 0 saturated heterocycles. The first-order chi connectivity index (χ1) is 6.93. The van der Waals surface area contributed by atoms with Gasteiger partial charge in [-0.25, -0.2) is 0 Å². The topological polar surface area (TPSA) is 0 Å². The van der Waals surface area contributed by atoms with Gasteiger partial charge in [-0.2, -0.15) is 11.8 Å². The zero-order chi connectivity index (χ0) is 10.1. The zero-order valence-electron chi connectivity index (χ0n) is 8.61. The average molecular weight is 206 g/mol. The molecule has 1 heteroatoms. The van der Waals surface area contributed by atoms with Gasteiger partial charge in [-0.15, -0.1) is 6.58 Å². The fourth-order valence-corrected chi connectivity index (χ4v) is 2.24. The molecule has 0 aliphatic rings. The van der Waals surface area contributed by atoms with Crippen LogP contribution in [0.25, 0.3) is 0 Å². The third kappa shape index (κ3) is 5.13. The summed E-state index contributed by atoms with van der Waals surface area (Å²) in [5.41, 5.74) is 1.43. The van der Waals surface area contributed by atoms with Gasteiger partial charge < -0.3 is 0 Å². The Morgan fingerprint density at radius 3 is 2.64 bits per heavy atom. The van der Waals surface area contributed by atoms with Crippen molar-refractivity contribution in [2.45, 2.75) is 25.0 Å². The van der Waals surface area contributed by atoms with Gasteiger partial charge in [0.2, 0.25) is 0 Å². The molecule has 76 valence electrons. The van der Waals surface area contributed by atoms with Crippen molar-refractivity contribution in [3.63, 3.8) is 0 Å². The van der Waals surface area contributed by atoms with E-state index in [0.717, 1.165) is 12.2 Å². The fraction of sp³-hybridized carbons (Fsp3) is 0.385. The molecule has 0 atom stereocenters. The third-order valence-corrected chi connectivity index (χ3v) is 3.17. The fourth-order valence-electron chi connectivity index (χ4n) is 1.26. The Kier molecular flexibility index (Phi) is 6.25. The van der Waals surface area contributed by atoms with Crippen LogP contribution in [0.15, 0.2) is 43.0 Å². The quantitative estimate of drug-likeness (QED) is 0.474. The lowest BCUT2D eigenvalue weighted by atomic mass is 10.2. The van der Waals surface area contributed by atoms with E-state index in [9.17, 15) is 0 Å². The molecule has 0 radical (unpaired) electrons. The molecule has 0 aromatic heterocycles. The number of benzene rings is 1. The van der Waals surface area contributed by atoms with E-state index in [1.165, 1.54) is 24.2 Å². The largest absolute Gasteiger partial charge is 0.157 e. The second-order valence-corrected chi connectivity index (χ2v) is 4.43. The van der Waals surface area contributed by atoms with Crippen LogP contribution in [0.2, 0.25) is 0 Å². The first kappa shape index (κ1) is 11.4. The summed E-state index contributed by atoms with van der Waals surface area (Å²) in [6.45, 7) is 3.72. The van der Waals surface area contributed by atoms with Crippen molar-refractivity contribution in [2.75, 3.05) is 5.75 Å². The van der Waals surface area contributed by atoms with Crippen molar-refractivity contribution in [3.8, 4) is 0 Å². The van der Waals surface area contributed by atoms with Crippen LogP contribution < -0.4 is 0 Å². The summed E-state index contributed by atoms with van der Waals surface area (Å²) in [4.78, 5) is 0. The van der Waals surface area contributed by atoms with Gasteiger partial charge in [-0.05, 0) is 30.6 Å². The van der Waals surface area contributed by atoms with Crippen LogP contribution in [-0.4, -0.2) is 5.75 Å². The molecule has 14 heavy (non-hydrogen) atoms. The van der Waals surface area contributed by atoms with E-state index in [2.05, 4.69) is 36.9 Å². The number of allylic oxidation sites excluding steroid dienone is 1. The van der Waals surface area contributed by atoms with Crippen LogP contribution in [-0.2, 0) is 5.75 Å². The van der Waals surface area contributed by atoms with Crippen LogP contribution in [0.4, 0.5) is 0 Å². The standard InChI is InChI=1S/C13H18S/c1-2-3-4-8-11-14-12-13-9-6-5-7-10-13/h2,5-7,9-10H,1,3-4,8,11-12H2. The highest BCUT2D eigenvalue weighted by Crippen LogP contribution is 2.13. The molecule has 0 N–H and O–H groups in total. The maximum Gasteiger partial charge on any atom is 0.0184 e. The summed E-state index contributed by atoms with van der Waals surface area (Å²) in [5, 5.41) is 0. The second kappa shape index (κ2) is 7.69. The monoisotopic (exact) mass is 206 g/mol. The maximum atomic E-state index is 3.72. The van der Waals surface area contributed by atoms with Crippen molar-refractivity contribution in [3.05, 3.63) is 48.6 Å². The Bertz CT molecular complexity index is 241. The highest BCUT2D eigenvalue weighted by molar-refractivity contribution is 7.98. The SMILES string of the molecule is C=CCCCCSCc1ccccc1. The molecule has 0 fully saturated rings. The molecule has 0 saturated carbocycles. The van der Waals surface area contributed by atoms with E-state index >= 15 is 0 Å². The van der Waals surface area contributed by atoms with Gasteiger partial charge in [0.25, 0.3) is 0 Å². The second-order valence-electron chi connectivity index (χ2n) is 3.32. The highest BCUT2D eigenvalue weighted by Gasteiger charge is 1.92. The van der Waals surface area contributed by atoms with Crippen molar-refractivity contribution < 1.29 is 0 Å². The summed E-state index contributed by atoms with van der Waals surface area (Å²) < 4.78 is 0. The van der Waals surface area contributed by atoms with Crippen molar-refractivity contribution in [1.29, 1.82) is 0 Å². The summed E-state index contributed by atoms with van der Waals surface area (Å²) in [6.07, 6.45) is 5.75. The van der Waals surface area contributed by atoms with Gasteiger partial charge in [-0.1, -0.05) is 36.4 Å². The minimum Gasteiger partial charge on any atom is -0.157 e. The lowest BCUT2D eigenvalue weighted by molar-refractivity contribution is 0.824.